The average Bonchev–Trinajstić information content (AvgIpc) is 2.81. The Kier molecular flexibility index (Phi) is 2.78. The van der Waals surface area contributed by atoms with Crippen molar-refractivity contribution < 1.29 is 13.9 Å². The van der Waals surface area contributed by atoms with Gasteiger partial charge in [-0.15, -0.1) is 0 Å². The molecule has 2 N–H and O–H groups in total. The van der Waals surface area contributed by atoms with E-state index in [4.69, 9.17) is 10.2 Å². The van der Waals surface area contributed by atoms with Crippen molar-refractivity contribution in [3.05, 3.63) is 29.9 Å². The van der Waals surface area contributed by atoms with Gasteiger partial charge in [0.15, 0.2) is 5.82 Å². The molecule has 6 nitrogen and oxygen atoms in total. The van der Waals surface area contributed by atoms with Crippen LogP contribution in [0.25, 0.3) is 11.4 Å². The standard InChI is InChI=1S/C11H11N3O3/c1-6-8(11(15)16-2)9(12)14-10(13-6)7-3-4-17-5-7/h3-5H,1-2H3,(H2,12,13,14). The Morgan fingerprint density at radius 3 is 2.76 bits per heavy atom. The number of nitrogens with zero attached hydrogens (tertiary/aromatic N) is 2. The van der Waals surface area contributed by atoms with Crippen LogP contribution in [-0.4, -0.2) is 23.0 Å². The Morgan fingerprint density at radius 2 is 2.24 bits per heavy atom. The highest BCUT2D eigenvalue weighted by Gasteiger charge is 2.18. The molecule has 0 spiro atoms. The van der Waals surface area contributed by atoms with Gasteiger partial charge in [0.25, 0.3) is 0 Å². The van der Waals surface area contributed by atoms with Crippen molar-refractivity contribution in [2.24, 2.45) is 0 Å². The number of ether oxygens (including phenoxy) is 1. The number of carbonyl (C=O) groups excluding carboxylic acids is 1. The van der Waals surface area contributed by atoms with Crippen LogP contribution in [0.3, 0.4) is 0 Å². The zero-order chi connectivity index (χ0) is 12.4. The molecule has 6 heteroatoms. The molecule has 0 fully saturated rings. The smallest absolute Gasteiger partial charge is 0.343 e. The van der Waals surface area contributed by atoms with Crippen molar-refractivity contribution in [2.45, 2.75) is 6.92 Å². The first-order valence-corrected chi connectivity index (χ1v) is 4.88. The molecule has 2 aromatic heterocycles. The molecule has 0 aliphatic rings. The SMILES string of the molecule is COC(=O)c1c(C)nc(-c2ccoc2)nc1N. The van der Waals surface area contributed by atoms with Crippen LogP contribution in [0.15, 0.2) is 23.0 Å². The molecule has 0 saturated heterocycles. The van der Waals surface area contributed by atoms with E-state index in [-0.39, 0.29) is 11.4 Å². The molecular weight excluding hydrogens is 222 g/mol. The fourth-order valence-corrected chi connectivity index (χ4v) is 1.47. The van der Waals surface area contributed by atoms with Gasteiger partial charge in [-0.05, 0) is 13.0 Å². The molecule has 0 aliphatic heterocycles. The van der Waals surface area contributed by atoms with Gasteiger partial charge in [0.05, 0.1) is 24.6 Å². The van der Waals surface area contributed by atoms with Crippen LogP contribution in [0.2, 0.25) is 0 Å². The van der Waals surface area contributed by atoms with E-state index >= 15 is 0 Å². The second-order valence-corrected chi connectivity index (χ2v) is 3.40. The van der Waals surface area contributed by atoms with Crippen LogP contribution in [0, 0.1) is 6.92 Å². The highest BCUT2D eigenvalue weighted by atomic mass is 16.5. The minimum absolute atomic E-state index is 0.0977. The van der Waals surface area contributed by atoms with Gasteiger partial charge in [0.2, 0.25) is 0 Å². The number of hydrogen-bond acceptors (Lipinski definition) is 6. The summed E-state index contributed by atoms with van der Waals surface area (Å²) in [5.41, 5.74) is 7.09. The molecular formula is C11H11N3O3. The Hall–Kier alpha value is -2.37. The zero-order valence-electron chi connectivity index (χ0n) is 9.43. The van der Waals surface area contributed by atoms with Crippen LogP contribution in [0.1, 0.15) is 16.1 Å². The number of rotatable bonds is 2. The first-order chi connectivity index (χ1) is 8.13. The highest BCUT2D eigenvalue weighted by Crippen LogP contribution is 2.21. The van der Waals surface area contributed by atoms with E-state index in [2.05, 4.69) is 14.7 Å². The molecule has 88 valence electrons. The van der Waals surface area contributed by atoms with Gasteiger partial charge in [-0.3, -0.25) is 0 Å². The minimum atomic E-state index is -0.543. The maximum Gasteiger partial charge on any atom is 0.343 e. The molecule has 0 amide bonds. The lowest BCUT2D eigenvalue weighted by Crippen LogP contribution is -2.12. The van der Waals surface area contributed by atoms with Gasteiger partial charge in [0.1, 0.15) is 17.6 Å². The molecule has 2 aromatic rings. The number of nitrogens with two attached hydrogens (primary N) is 1. The number of anilines is 1. The molecule has 0 unspecified atom stereocenters. The van der Waals surface area contributed by atoms with Crippen LogP contribution < -0.4 is 5.73 Å². The normalized spacial score (nSPS) is 10.2. The first kappa shape index (κ1) is 11.1. The third-order valence-corrected chi connectivity index (χ3v) is 2.29. The van der Waals surface area contributed by atoms with E-state index in [9.17, 15) is 4.79 Å². The molecule has 0 aliphatic carbocycles. The van der Waals surface area contributed by atoms with Crippen LogP contribution in [-0.2, 0) is 4.74 Å². The highest BCUT2D eigenvalue weighted by molar-refractivity contribution is 5.95. The Bertz CT molecular complexity index is 526. The topological polar surface area (TPSA) is 91.2 Å². The maximum absolute atomic E-state index is 11.5. The lowest BCUT2D eigenvalue weighted by molar-refractivity contribution is 0.0600. The number of methoxy groups -OCH3 is 1. The van der Waals surface area contributed by atoms with Gasteiger partial charge in [-0.1, -0.05) is 0 Å². The van der Waals surface area contributed by atoms with Crippen molar-refractivity contribution in [1.29, 1.82) is 0 Å². The van der Waals surface area contributed by atoms with Crippen LogP contribution >= 0.6 is 0 Å². The van der Waals surface area contributed by atoms with Crippen LogP contribution in [0.4, 0.5) is 5.82 Å². The summed E-state index contributed by atoms with van der Waals surface area (Å²) >= 11 is 0. The Labute approximate surface area is 97.4 Å². The molecule has 0 aromatic carbocycles. The third-order valence-electron chi connectivity index (χ3n) is 2.29. The maximum atomic E-state index is 11.5. The Balaban J connectivity index is 2.53. The number of carbonyl (C=O) groups is 1. The predicted octanol–water partition coefficient (Wildman–Crippen LogP) is 1.41. The molecule has 0 bridgehead atoms. The van der Waals surface area contributed by atoms with Crippen molar-refractivity contribution in [3.63, 3.8) is 0 Å². The van der Waals surface area contributed by atoms with E-state index in [1.807, 2.05) is 0 Å². The van der Waals surface area contributed by atoms with Gasteiger partial charge in [-0.25, -0.2) is 14.8 Å². The lowest BCUT2D eigenvalue weighted by Gasteiger charge is -2.07. The fourth-order valence-electron chi connectivity index (χ4n) is 1.47. The summed E-state index contributed by atoms with van der Waals surface area (Å²) in [7, 11) is 1.28. The molecule has 0 saturated carbocycles. The van der Waals surface area contributed by atoms with E-state index in [1.165, 1.54) is 19.6 Å². The van der Waals surface area contributed by atoms with Crippen LogP contribution in [0.5, 0.6) is 0 Å². The monoisotopic (exact) mass is 233 g/mol. The van der Waals surface area contributed by atoms with E-state index < -0.39 is 5.97 Å². The number of aryl methyl sites for hydroxylation is 1. The molecule has 17 heavy (non-hydrogen) atoms. The second-order valence-electron chi connectivity index (χ2n) is 3.40. The van der Waals surface area contributed by atoms with Crippen molar-refractivity contribution in [3.8, 4) is 11.4 Å². The number of furan rings is 1. The van der Waals surface area contributed by atoms with Crippen molar-refractivity contribution in [2.75, 3.05) is 12.8 Å². The van der Waals surface area contributed by atoms with Gasteiger partial charge >= 0.3 is 5.97 Å². The summed E-state index contributed by atoms with van der Waals surface area (Å²) in [5.74, 6) is -0.0271. The first-order valence-electron chi connectivity index (χ1n) is 4.88. The van der Waals surface area contributed by atoms with Crippen molar-refractivity contribution >= 4 is 11.8 Å². The number of esters is 1. The number of hydrogen-bond donors (Lipinski definition) is 1. The van der Waals surface area contributed by atoms with E-state index in [0.29, 0.717) is 17.1 Å². The van der Waals surface area contributed by atoms with Gasteiger partial charge in [0, 0.05) is 0 Å². The van der Waals surface area contributed by atoms with Gasteiger partial charge < -0.3 is 14.9 Å². The summed E-state index contributed by atoms with van der Waals surface area (Å²) in [6.07, 6.45) is 3.02. The third kappa shape index (κ3) is 1.96. The molecule has 2 rings (SSSR count). The molecule has 2 heterocycles. The fraction of sp³-hybridized carbons (Fsp3) is 0.182. The Morgan fingerprint density at radius 1 is 1.47 bits per heavy atom. The zero-order valence-corrected chi connectivity index (χ0v) is 9.43. The quantitative estimate of drug-likeness (QED) is 0.788. The largest absolute Gasteiger partial charge is 0.472 e. The number of nitrogen functional groups attached to an aromatic ring is 1. The summed E-state index contributed by atoms with van der Waals surface area (Å²) in [5, 5.41) is 0. The predicted molar refractivity (Wildman–Crippen MR) is 60.2 cm³/mol. The summed E-state index contributed by atoms with van der Waals surface area (Å²) in [4.78, 5) is 19.7. The molecule has 0 radical (unpaired) electrons. The molecule has 0 atom stereocenters. The van der Waals surface area contributed by atoms with E-state index in [0.717, 1.165) is 0 Å². The second kappa shape index (κ2) is 4.25. The lowest BCUT2D eigenvalue weighted by atomic mass is 10.2. The average molecular weight is 233 g/mol. The van der Waals surface area contributed by atoms with Gasteiger partial charge in [-0.2, -0.15) is 0 Å². The minimum Gasteiger partial charge on any atom is -0.472 e. The van der Waals surface area contributed by atoms with Crippen molar-refractivity contribution in [1.82, 2.24) is 9.97 Å². The number of aromatic nitrogens is 2. The van der Waals surface area contributed by atoms with E-state index in [1.54, 1.807) is 13.0 Å². The summed E-state index contributed by atoms with van der Waals surface area (Å²) in [6, 6.07) is 1.71. The summed E-state index contributed by atoms with van der Waals surface area (Å²) in [6.45, 7) is 1.67. The summed E-state index contributed by atoms with van der Waals surface area (Å²) < 4.78 is 9.55.